The fourth-order valence-electron chi connectivity index (χ4n) is 2.29. The van der Waals surface area contributed by atoms with Crippen molar-refractivity contribution >= 4 is 15.7 Å². The molecule has 2 rings (SSSR count). The molecule has 0 amide bonds. The van der Waals surface area contributed by atoms with Gasteiger partial charge in [-0.1, -0.05) is 0 Å². The van der Waals surface area contributed by atoms with Crippen LogP contribution < -0.4 is 10.5 Å². The van der Waals surface area contributed by atoms with Crippen LogP contribution in [0.15, 0.2) is 17.0 Å². The van der Waals surface area contributed by atoms with Gasteiger partial charge in [-0.2, -0.15) is 4.31 Å². The maximum Gasteiger partial charge on any atom is 0.246 e. The normalized spacial score (nSPS) is 17.2. The Morgan fingerprint density at radius 3 is 2.50 bits per heavy atom. The average molecular weight is 298 g/mol. The van der Waals surface area contributed by atoms with E-state index in [1.807, 2.05) is 13.8 Å². The minimum Gasteiger partial charge on any atom is -0.495 e. The molecular weight excluding hydrogens is 276 g/mol. The zero-order valence-corrected chi connectivity index (χ0v) is 13.2. The fourth-order valence-corrected chi connectivity index (χ4v) is 3.88. The summed E-state index contributed by atoms with van der Waals surface area (Å²) < 4.78 is 32.1. The van der Waals surface area contributed by atoms with Gasteiger partial charge in [-0.05, 0) is 50.3 Å². The van der Waals surface area contributed by atoms with Crippen LogP contribution in [0.3, 0.4) is 0 Å². The number of nitrogens with zero attached hydrogens (tertiary/aromatic N) is 1. The van der Waals surface area contributed by atoms with Crippen LogP contribution in [0.2, 0.25) is 0 Å². The fraction of sp³-hybridized carbons (Fsp3) is 0.571. The lowest BCUT2D eigenvalue weighted by Gasteiger charge is -2.25. The summed E-state index contributed by atoms with van der Waals surface area (Å²) >= 11 is 0. The molecule has 6 heteroatoms. The molecule has 1 atom stereocenters. The molecule has 1 fully saturated rings. The summed E-state index contributed by atoms with van der Waals surface area (Å²) in [5, 5.41) is 0. The van der Waals surface area contributed by atoms with Crippen LogP contribution >= 0.6 is 0 Å². The Balaban J connectivity index is 2.45. The summed E-state index contributed by atoms with van der Waals surface area (Å²) in [6, 6.07) is 3.14. The van der Waals surface area contributed by atoms with Gasteiger partial charge in [0.2, 0.25) is 10.0 Å². The van der Waals surface area contributed by atoms with Crippen molar-refractivity contribution in [3.63, 3.8) is 0 Å². The van der Waals surface area contributed by atoms with Gasteiger partial charge in [-0.15, -0.1) is 0 Å². The minimum atomic E-state index is -3.60. The molecule has 112 valence electrons. The number of hydrogen-bond donors (Lipinski definition) is 1. The van der Waals surface area contributed by atoms with Crippen molar-refractivity contribution in [2.75, 3.05) is 19.9 Å². The van der Waals surface area contributed by atoms with E-state index in [4.69, 9.17) is 10.5 Å². The predicted octanol–water partition coefficient (Wildman–Crippen LogP) is 2.00. The van der Waals surface area contributed by atoms with Gasteiger partial charge in [0.05, 0.1) is 7.11 Å². The molecule has 1 aromatic rings. The van der Waals surface area contributed by atoms with E-state index in [1.54, 1.807) is 13.1 Å². The summed E-state index contributed by atoms with van der Waals surface area (Å²) in [5.74, 6) is 0.801. The molecule has 0 aliphatic heterocycles. The Labute approximate surface area is 120 Å². The molecule has 1 unspecified atom stereocenters. The number of nitrogens with two attached hydrogens (primary N) is 1. The number of methoxy groups -OCH3 is 1. The first-order chi connectivity index (χ1) is 9.28. The van der Waals surface area contributed by atoms with Crippen LogP contribution in [-0.4, -0.2) is 32.9 Å². The number of aryl methyl sites for hydroxylation is 1. The van der Waals surface area contributed by atoms with E-state index in [1.165, 1.54) is 17.5 Å². The van der Waals surface area contributed by atoms with Gasteiger partial charge in [-0.3, -0.25) is 0 Å². The maximum absolute atomic E-state index is 12.7. The zero-order chi connectivity index (χ0) is 15.1. The second-order valence-electron chi connectivity index (χ2n) is 5.46. The summed E-state index contributed by atoms with van der Waals surface area (Å²) in [4.78, 5) is 0.137. The van der Waals surface area contributed by atoms with Gasteiger partial charge in [0.15, 0.2) is 0 Å². The van der Waals surface area contributed by atoms with Crippen molar-refractivity contribution < 1.29 is 13.2 Å². The van der Waals surface area contributed by atoms with E-state index in [0.29, 0.717) is 17.4 Å². The van der Waals surface area contributed by atoms with Crippen LogP contribution in [0.4, 0.5) is 5.69 Å². The topological polar surface area (TPSA) is 72.6 Å². The van der Waals surface area contributed by atoms with E-state index >= 15 is 0 Å². The average Bonchev–Trinajstić information content (AvgIpc) is 3.23. The molecule has 0 saturated heterocycles. The summed E-state index contributed by atoms with van der Waals surface area (Å²) in [7, 11) is -0.511. The molecule has 1 aromatic carbocycles. The number of anilines is 1. The molecule has 1 aliphatic rings. The van der Waals surface area contributed by atoms with Crippen molar-refractivity contribution in [1.29, 1.82) is 0 Å². The van der Waals surface area contributed by atoms with Gasteiger partial charge in [0.25, 0.3) is 0 Å². The number of nitrogen functional groups attached to an aromatic ring is 1. The number of benzene rings is 1. The molecular formula is C14H22N2O3S. The van der Waals surface area contributed by atoms with Crippen molar-refractivity contribution in [3.8, 4) is 5.75 Å². The van der Waals surface area contributed by atoms with Gasteiger partial charge in [-0.25, -0.2) is 8.42 Å². The van der Waals surface area contributed by atoms with Crippen LogP contribution in [0.25, 0.3) is 0 Å². The Morgan fingerprint density at radius 1 is 1.40 bits per heavy atom. The SMILES string of the molecule is COc1cc(C)c(N)cc1S(=O)(=O)N(C)C(C)C1CC1. The molecule has 1 aliphatic carbocycles. The highest BCUT2D eigenvalue weighted by Gasteiger charge is 2.37. The van der Waals surface area contributed by atoms with Crippen LogP contribution in [0, 0.1) is 12.8 Å². The second kappa shape index (κ2) is 5.26. The molecule has 0 spiro atoms. The molecule has 0 heterocycles. The van der Waals surface area contributed by atoms with Gasteiger partial charge in [0, 0.05) is 18.8 Å². The van der Waals surface area contributed by atoms with E-state index in [0.717, 1.165) is 18.4 Å². The van der Waals surface area contributed by atoms with Crippen molar-refractivity contribution in [2.45, 2.75) is 37.6 Å². The Bertz CT molecular complexity index is 609. The molecule has 1 saturated carbocycles. The molecule has 0 bridgehead atoms. The Hall–Kier alpha value is -1.27. The van der Waals surface area contributed by atoms with E-state index in [9.17, 15) is 8.42 Å². The third-order valence-electron chi connectivity index (χ3n) is 4.09. The second-order valence-corrected chi connectivity index (χ2v) is 7.42. The predicted molar refractivity (Wildman–Crippen MR) is 79.3 cm³/mol. The maximum atomic E-state index is 12.7. The third kappa shape index (κ3) is 2.62. The zero-order valence-electron chi connectivity index (χ0n) is 12.4. The molecule has 0 radical (unpaired) electrons. The van der Waals surface area contributed by atoms with Crippen molar-refractivity contribution in [2.24, 2.45) is 5.92 Å². The van der Waals surface area contributed by atoms with Crippen molar-refractivity contribution in [3.05, 3.63) is 17.7 Å². The molecule has 2 N–H and O–H groups in total. The van der Waals surface area contributed by atoms with Gasteiger partial charge < -0.3 is 10.5 Å². The Kier molecular flexibility index (Phi) is 3.97. The smallest absolute Gasteiger partial charge is 0.246 e. The monoisotopic (exact) mass is 298 g/mol. The molecule has 0 aromatic heterocycles. The number of hydrogen-bond acceptors (Lipinski definition) is 4. The van der Waals surface area contributed by atoms with E-state index < -0.39 is 10.0 Å². The van der Waals surface area contributed by atoms with Gasteiger partial charge in [0.1, 0.15) is 10.6 Å². The third-order valence-corrected chi connectivity index (χ3v) is 6.05. The highest BCUT2D eigenvalue weighted by atomic mass is 32.2. The highest BCUT2D eigenvalue weighted by molar-refractivity contribution is 7.89. The van der Waals surface area contributed by atoms with E-state index in [2.05, 4.69) is 0 Å². The summed E-state index contributed by atoms with van der Waals surface area (Å²) in [6.07, 6.45) is 2.18. The quantitative estimate of drug-likeness (QED) is 0.844. The number of sulfonamides is 1. The van der Waals surface area contributed by atoms with Crippen LogP contribution in [0.1, 0.15) is 25.3 Å². The highest BCUT2D eigenvalue weighted by Crippen LogP contribution is 2.38. The first kappa shape index (κ1) is 15.1. The van der Waals surface area contributed by atoms with Gasteiger partial charge >= 0.3 is 0 Å². The first-order valence-electron chi connectivity index (χ1n) is 6.71. The summed E-state index contributed by atoms with van der Waals surface area (Å²) in [6.45, 7) is 3.77. The van der Waals surface area contributed by atoms with Crippen LogP contribution in [-0.2, 0) is 10.0 Å². The lowest BCUT2D eigenvalue weighted by molar-refractivity contribution is 0.352. The Morgan fingerprint density at radius 2 is 2.00 bits per heavy atom. The van der Waals surface area contributed by atoms with E-state index in [-0.39, 0.29) is 10.9 Å². The number of ether oxygens (including phenoxy) is 1. The lowest BCUT2D eigenvalue weighted by atomic mass is 10.2. The summed E-state index contributed by atoms with van der Waals surface area (Å²) in [5.41, 5.74) is 7.11. The van der Waals surface area contributed by atoms with Crippen molar-refractivity contribution in [1.82, 2.24) is 4.31 Å². The molecule has 5 nitrogen and oxygen atoms in total. The lowest BCUT2D eigenvalue weighted by Crippen LogP contribution is -2.36. The van der Waals surface area contributed by atoms with Crippen LogP contribution in [0.5, 0.6) is 5.75 Å². The largest absolute Gasteiger partial charge is 0.495 e. The standard InChI is InChI=1S/C14H22N2O3S/c1-9-7-13(19-4)14(8-12(9)15)20(17,18)16(3)10(2)11-5-6-11/h7-8,10-11H,5-6,15H2,1-4H3. The number of rotatable bonds is 5. The first-order valence-corrected chi connectivity index (χ1v) is 8.15. The minimum absolute atomic E-state index is 0.00719. The molecule has 20 heavy (non-hydrogen) atoms.